The lowest BCUT2D eigenvalue weighted by Crippen LogP contribution is -2.45. The molecule has 3 unspecified atom stereocenters. The molecule has 2 saturated heterocycles. The van der Waals surface area contributed by atoms with Gasteiger partial charge in [-0.1, -0.05) is 6.07 Å². The normalized spacial score (nSPS) is 29.9. The molecule has 2 aromatic heterocycles. The molecule has 0 radical (unpaired) electrons. The van der Waals surface area contributed by atoms with E-state index in [2.05, 4.69) is 28.2 Å². The average molecular weight is 314 g/mol. The van der Waals surface area contributed by atoms with Crippen LogP contribution in [-0.4, -0.2) is 46.4 Å². The Morgan fingerprint density at radius 3 is 3.17 bits per heavy atom. The van der Waals surface area contributed by atoms with E-state index in [0.717, 1.165) is 32.5 Å². The van der Waals surface area contributed by atoms with Gasteiger partial charge in [0.15, 0.2) is 0 Å². The number of likely N-dealkylation sites (tertiary alicyclic amines) is 1. The SMILES string of the molecule is NC1CCOC(C2CCCN(Cc3cccn4nccc34)C2)C1. The van der Waals surface area contributed by atoms with Crippen molar-refractivity contribution in [3.8, 4) is 0 Å². The Hall–Kier alpha value is -1.43. The van der Waals surface area contributed by atoms with Crippen molar-refractivity contribution < 1.29 is 4.74 Å². The third-order valence-corrected chi connectivity index (χ3v) is 5.34. The molecule has 2 aliphatic rings. The minimum absolute atomic E-state index is 0.324. The van der Waals surface area contributed by atoms with Crippen LogP contribution in [0.25, 0.3) is 5.52 Å². The van der Waals surface area contributed by atoms with E-state index in [1.807, 2.05) is 16.9 Å². The van der Waals surface area contributed by atoms with Gasteiger partial charge in [-0.15, -0.1) is 0 Å². The number of nitrogens with zero attached hydrogens (tertiary/aromatic N) is 3. The fourth-order valence-corrected chi connectivity index (χ4v) is 4.11. The number of pyridine rings is 1. The highest BCUT2D eigenvalue weighted by atomic mass is 16.5. The number of aromatic nitrogens is 2. The molecule has 0 aliphatic carbocycles. The molecule has 0 aromatic carbocycles. The monoisotopic (exact) mass is 314 g/mol. The van der Waals surface area contributed by atoms with E-state index >= 15 is 0 Å². The number of ether oxygens (including phenoxy) is 1. The highest BCUT2D eigenvalue weighted by Crippen LogP contribution is 2.28. The zero-order valence-corrected chi connectivity index (χ0v) is 13.6. The van der Waals surface area contributed by atoms with Crippen LogP contribution in [0.4, 0.5) is 0 Å². The minimum atomic E-state index is 0.324. The fourth-order valence-electron chi connectivity index (χ4n) is 4.11. The first-order chi connectivity index (χ1) is 11.3. The molecule has 0 spiro atoms. The van der Waals surface area contributed by atoms with Gasteiger partial charge in [-0.3, -0.25) is 4.90 Å². The molecule has 124 valence electrons. The summed E-state index contributed by atoms with van der Waals surface area (Å²) in [6.45, 7) is 4.11. The Balaban J connectivity index is 1.44. The van der Waals surface area contributed by atoms with E-state index in [9.17, 15) is 0 Å². The first-order valence-corrected chi connectivity index (χ1v) is 8.80. The van der Waals surface area contributed by atoms with Gasteiger partial charge in [-0.05, 0) is 55.8 Å². The van der Waals surface area contributed by atoms with Gasteiger partial charge in [-0.2, -0.15) is 5.10 Å². The van der Waals surface area contributed by atoms with Gasteiger partial charge >= 0.3 is 0 Å². The number of nitrogens with two attached hydrogens (primary N) is 1. The van der Waals surface area contributed by atoms with Crippen LogP contribution in [-0.2, 0) is 11.3 Å². The summed E-state index contributed by atoms with van der Waals surface area (Å²) in [6.07, 6.45) is 8.79. The Morgan fingerprint density at radius 1 is 1.30 bits per heavy atom. The average Bonchev–Trinajstić information content (AvgIpc) is 3.05. The maximum Gasteiger partial charge on any atom is 0.0706 e. The number of rotatable bonds is 3. The van der Waals surface area contributed by atoms with Crippen LogP contribution in [0.15, 0.2) is 30.6 Å². The second-order valence-corrected chi connectivity index (χ2v) is 7.03. The van der Waals surface area contributed by atoms with E-state index in [-0.39, 0.29) is 0 Å². The van der Waals surface area contributed by atoms with Crippen LogP contribution in [0, 0.1) is 5.92 Å². The number of hydrogen-bond acceptors (Lipinski definition) is 4. The quantitative estimate of drug-likeness (QED) is 0.942. The molecular formula is C18H26N4O. The molecule has 23 heavy (non-hydrogen) atoms. The maximum absolute atomic E-state index is 6.14. The summed E-state index contributed by atoms with van der Waals surface area (Å²) < 4.78 is 7.98. The molecule has 5 heteroatoms. The van der Waals surface area contributed by atoms with Crippen LogP contribution < -0.4 is 5.73 Å². The van der Waals surface area contributed by atoms with Crippen LogP contribution >= 0.6 is 0 Å². The van der Waals surface area contributed by atoms with E-state index in [0.29, 0.717) is 18.1 Å². The second-order valence-electron chi connectivity index (χ2n) is 7.03. The molecule has 5 nitrogen and oxygen atoms in total. The molecule has 0 saturated carbocycles. The molecule has 0 amide bonds. The Bertz CT molecular complexity index is 655. The first kappa shape index (κ1) is 15.1. The molecule has 4 rings (SSSR count). The lowest BCUT2D eigenvalue weighted by atomic mass is 9.87. The van der Waals surface area contributed by atoms with Crippen molar-refractivity contribution in [2.24, 2.45) is 11.7 Å². The lowest BCUT2D eigenvalue weighted by Gasteiger charge is -2.39. The topological polar surface area (TPSA) is 55.8 Å². The van der Waals surface area contributed by atoms with Crippen molar-refractivity contribution in [3.05, 3.63) is 36.2 Å². The predicted octanol–water partition coefficient (Wildman–Crippen LogP) is 2.05. The molecule has 2 aliphatic heterocycles. The van der Waals surface area contributed by atoms with Crippen LogP contribution in [0.1, 0.15) is 31.2 Å². The molecular weight excluding hydrogens is 288 g/mol. The van der Waals surface area contributed by atoms with E-state index in [4.69, 9.17) is 10.5 Å². The summed E-state index contributed by atoms with van der Waals surface area (Å²) >= 11 is 0. The summed E-state index contributed by atoms with van der Waals surface area (Å²) in [4.78, 5) is 2.57. The molecule has 2 aromatic rings. The van der Waals surface area contributed by atoms with Crippen molar-refractivity contribution in [2.45, 2.75) is 44.4 Å². The van der Waals surface area contributed by atoms with Gasteiger partial charge in [-0.25, -0.2) is 4.52 Å². The van der Waals surface area contributed by atoms with Crippen molar-refractivity contribution in [3.63, 3.8) is 0 Å². The Morgan fingerprint density at radius 2 is 2.26 bits per heavy atom. The summed E-state index contributed by atoms with van der Waals surface area (Å²) in [5.41, 5.74) is 8.70. The second kappa shape index (κ2) is 6.59. The molecule has 3 atom stereocenters. The predicted molar refractivity (Wildman–Crippen MR) is 90.1 cm³/mol. The largest absolute Gasteiger partial charge is 0.378 e. The first-order valence-electron chi connectivity index (χ1n) is 8.80. The summed E-state index contributed by atoms with van der Waals surface area (Å²) in [7, 11) is 0. The van der Waals surface area contributed by atoms with E-state index < -0.39 is 0 Å². The summed E-state index contributed by atoms with van der Waals surface area (Å²) in [5.74, 6) is 0.625. The number of hydrogen-bond donors (Lipinski definition) is 1. The van der Waals surface area contributed by atoms with Crippen molar-refractivity contribution in [1.29, 1.82) is 0 Å². The molecule has 2 fully saturated rings. The Kier molecular flexibility index (Phi) is 4.33. The van der Waals surface area contributed by atoms with Gasteiger partial charge in [0.25, 0.3) is 0 Å². The highest BCUT2D eigenvalue weighted by molar-refractivity contribution is 5.53. The van der Waals surface area contributed by atoms with Gasteiger partial charge in [0, 0.05) is 38.1 Å². The van der Waals surface area contributed by atoms with E-state index in [1.165, 1.54) is 30.5 Å². The molecule has 0 bridgehead atoms. The van der Waals surface area contributed by atoms with Crippen LogP contribution in [0.3, 0.4) is 0 Å². The van der Waals surface area contributed by atoms with E-state index in [1.54, 1.807) is 0 Å². The lowest BCUT2D eigenvalue weighted by molar-refractivity contribution is -0.0477. The zero-order chi connectivity index (χ0) is 15.6. The summed E-state index contributed by atoms with van der Waals surface area (Å²) in [6, 6.07) is 6.72. The van der Waals surface area contributed by atoms with Crippen molar-refractivity contribution >= 4 is 5.52 Å². The zero-order valence-electron chi connectivity index (χ0n) is 13.6. The third kappa shape index (κ3) is 3.27. The summed E-state index contributed by atoms with van der Waals surface area (Å²) in [5, 5.41) is 4.33. The van der Waals surface area contributed by atoms with Gasteiger partial charge < -0.3 is 10.5 Å². The van der Waals surface area contributed by atoms with Gasteiger partial charge in [0.1, 0.15) is 0 Å². The minimum Gasteiger partial charge on any atom is -0.378 e. The van der Waals surface area contributed by atoms with Crippen molar-refractivity contribution in [1.82, 2.24) is 14.5 Å². The highest BCUT2D eigenvalue weighted by Gasteiger charge is 2.31. The fraction of sp³-hybridized carbons (Fsp3) is 0.611. The maximum atomic E-state index is 6.14. The molecule has 2 N–H and O–H groups in total. The van der Waals surface area contributed by atoms with Gasteiger partial charge in [0.05, 0.1) is 11.6 Å². The Labute approximate surface area is 137 Å². The smallest absolute Gasteiger partial charge is 0.0706 e. The third-order valence-electron chi connectivity index (χ3n) is 5.34. The number of fused-ring (bicyclic) bond motifs is 1. The van der Waals surface area contributed by atoms with Gasteiger partial charge in [0.2, 0.25) is 0 Å². The van der Waals surface area contributed by atoms with Crippen LogP contribution in [0.5, 0.6) is 0 Å². The van der Waals surface area contributed by atoms with Crippen LogP contribution in [0.2, 0.25) is 0 Å². The standard InChI is InChI=1S/C18H26N4O/c19-16-6-10-23-18(11-16)15-4-1-8-21(13-15)12-14-3-2-9-22-17(14)5-7-20-22/h2-3,5,7,9,15-16,18H,1,4,6,8,10-13,19H2. The molecule has 4 heterocycles. The van der Waals surface area contributed by atoms with Crippen molar-refractivity contribution in [2.75, 3.05) is 19.7 Å². The number of piperidine rings is 1.